The molecular weight excluding hydrogens is 420 g/mol. The largest absolute Gasteiger partial charge is 0.337 e. The van der Waals surface area contributed by atoms with Crippen molar-refractivity contribution in [2.24, 2.45) is 0 Å². The molecule has 0 aliphatic heterocycles. The topological polar surface area (TPSA) is 108 Å². The standard InChI is InChI=1S/C24H22N6O3/c1-14-8-9-18(15(2)10-14)27-20(31)11-30-19-7-5-4-6-17(19)22-23(30)24(32)29(13-25-22)12-21-26-16(3)28-33-21/h4-10,13H,11-12H2,1-3H3,(H,27,31). The number of anilines is 1. The van der Waals surface area contributed by atoms with E-state index in [-0.39, 0.29) is 24.6 Å². The molecule has 0 saturated carbocycles. The summed E-state index contributed by atoms with van der Waals surface area (Å²) < 4.78 is 8.28. The summed E-state index contributed by atoms with van der Waals surface area (Å²) in [4.78, 5) is 35.1. The number of hydrogen-bond donors (Lipinski definition) is 1. The van der Waals surface area contributed by atoms with Crippen molar-refractivity contribution in [3.63, 3.8) is 0 Å². The van der Waals surface area contributed by atoms with Gasteiger partial charge in [0.05, 0.1) is 11.8 Å². The van der Waals surface area contributed by atoms with Crippen LogP contribution in [0.25, 0.3) is 21.9 Å². The predicted octanol–water partition coefficient (Wildman–Crippen LogP) is 3.35. The Kier molecular flexibility index (Phi) is 5.01. The fourth-order valence-electron chi connectivity index (χ4n) is 4.06. The van der Waals surface area contributed by atoms with E-state index in [4.69, 9.17) is 4.52 Å². The Hall–Kier alpha value is -4.27. The molecule has 9 nitrogen and oxygen atoms in total. The first-order valence-electron chi connectivity index (χ1n) is 10.5. The Balaban J connectivity index is 1.57. The Morgan fingerprint density at radius 1 is 1.12 bits per heavy atom. The summed E-state index contributed by atoms with van der Waals surface area (Å²) in [7, 11) is 0. The second kappa shape index (κ2) is 8.01. The van der Waals surface area contributed by atoms with Gasteiger partial charge in [-0.15, -0.1) is 0 Å². The minimum absolute atomic E-state index is 0.0298. The Labute approximate surface area is 188 Å². The molecule has 5 aromatic rings. The van der Waals surface area contributed by atoms with E-state index < -0.39 is 0 Å². The monoisotopic (exact) mass is 442 g/mol. The van der Waals surface area contributed by atoms with Crippen molar-refractivity contribution in [2.45, 2.75) is 33.9 Å². The molecule has 9 heteroatoms. The molecule has 0 aliphatic rings. The quantitative estimate of drug-likeness (QED) is 0.447. The molecule has 33 heavy (non-hydrogen) atoms. The molecule has 3 aromatic heterocycles. The predicted molar refractivity (Wildman–Crippen MR) is 124 cm³/mol. The molecule has 1 N–H and O–H groups in total. The minimum Gasteiger partial charge on any atom is -0.337 e. The summed E-state index contributed by atoms with van der Waals surface area (Å²) in [6.07, 6.45) is 1.47. The molecule has 0 radical (unpaired) electrons. The van der Waals surface area contributed by atoms with Gasteiger partial charge in [0.25, 0.3) is 5.56 Å². The van der Waals surface area contributed by atoms with Gasteiger partial charge in [-0.25, -0.2) is 4.98 Å². The Bertz CT molecular complexity index is 1580. The lowest BCUT2D eigenvalue weighted by Crippen LogP contribution is -2.25. The molecule has 0 fully saturated rings. The van der Waals surface area contributed by atoms with Crippen LogP contribution in [0.3, 0.4) is 0 Å². The maximum absolute atomic E-state index is 13.4. The lowest BCUT2D eigenvalue weighted by Gasteiger charge is -2.11. The van der Waals surface area contributed by atoms with Gasteiger partial charge in [0.2, 0.25) is 11.8 Å². The second-order valence-corrected chi connectivity index (χ2v) is 8.08. The molecule has 2 aromatic carbocycles. The van der Waals surface area contributed by atoms with Gasteiger partial charge in [-0.1, -0.05) is 41.1 Å². The van der Waals surface area contributed by atoms with Crippen molar-refractivity contribution in [2.75, 3.05) is 5.32 Å². The van der Waals surface area contributed by atoms with Crippen LogP contribution >= 0.6 is 0 Å². The summed E-state index contributed by atoms with van der Waals surface area (Å²) in [5.74, 6) is 0.571. The number of carbonyl (C=O) groups is 1. The van der Waals surface area contributed by atoms with Gasteiger partial charge in [-0.3, -0.25) is 14.2 Å². The average molecular weight is 442 g/mol. The van der Waals surface area contributed by atoms with Crippen LogP contribution < -0.4 is 10.9 Å². The van der Waals surface area contributed by atoms with Crippen LogP contribution in [0.4, 0.5) is 5.69 Å². The van der Waals surface area contributed by atoms with Crippen LogP contribution in [0, 0.1) is 20.8 Å². The highest BCUT2D eigenvalue weighted by Crippen LogP contribution is 2.25. The summed E-state index contributed by atoms with van der Waals surface area (Å²) in [6, 6.07) is 13.4. The van der Waals surface area contributed by atoms with E-state index in [1.54, 1.807) is 11.5 Å². The van der Waals surface area contributed by atoms with Gasteiger partial charge in [-0.05, 0) is 38.5 Å². The summed E-state index contributed by atoms with van der Waals surface area (Å²) in [5, 5.41) is 7.54. The fourth-order valence-corrected chi connectivity index (χ4v) is 4.06. The maximum atomic E-state index is 13.4. The van der Waals surface area contributed by atoms with Gasteiger partial charge < -0.3 is 14.4 Å². The molecule has 0 unspecified atom stereocenters. The summed E-state index contributed by atoms with van der Waals surface area (Å²) >= 11 is 0. The summed E-state index contributed by atoms with van der Waals surface area (Å²) in [5.41, 5.74) is 4.22. The number of para-hydroxylation sites is 1. The van der Waals surface area contributed by atoms with Crippen molar-refractivity contribution in [1.29, 1.82) is 0 Å². The normalized spacial score (nSPS) is 11.4. The van der Waals surface area contributed by atoms with Crippen molar-refractivity contribution >= 4 is 33.5 Å². The number of amides is 1. The molecule has 0 spiro atoms. The van der Waals surface area contributed by atoms with E-state index in [2.05, 4.69) is 20.4 Å². The number of benzene rings is 2. The highest BCUT2D eigenvalue weighted by Gasteiger charge is 2.19. The van der Waals surface area contributed by atoms with Crippen LogP contribution in [0.2, 0.25) is 0 Å². The zero-order valence-corrected chi connectivity index (χ0v) is 18.5. The lowest BCUT2D eigenvalue weighted by atomic mass is 10.1. The van der Waals surface area contributed by atoms with Gasteiger partial charge in [0.1, 0.15) is 24.1 Å². The van der Waals surface area contributed by atoms with Crippen molar-refractivity contribution in [3.8, 4) is 0 Å². The van der Waals surface area contributed by atoms with E-state index in [1.807, 2.05) is 56.3 Å². The van der Waals surface area contributed by atoms with E-state index in [0.717, 1.165) is 27.7 Å². The first-order valence-corrected chi connectivity index (χ1v) is 10.5. The zero-order valence-electron chi connectivity index (χ0n) is 18.5. The van der Waals surface area contributed by atoms with Crippen LogP contribution in [-0.4, -0.2) is 30.2 Å². The number of aryl methyl sites for hydroxylation is 3. The number of aromatic nitrogens is 5. The Morgan fingerprint density at radius 3 is 2.70 bits per heavy atom. The molecular formula is C24H22N6O3. The van der Waals surface area contributed by atoms with Crippen LogP contribution in [0.1, 0.15) is 22.8 Å². The molecule has 5 rings (SSSR count). The molecule has 166 valence electrons. The van der Waals surface area contributed by atoms with Crippen molar-refractivity contribution in [3.05, 3.63) is 82.0 Å². The number of rotatable bonds is 5. The van der Waals surface area contributed by atoms with Crippen molar-refractivity contribution < 1.29 is 9.32 Å². The van der Waals surface area contributed by atoms with E-state index in [0.29, 0.717) is 22.7 Å². The van der Waals surface area contributed by atoms with Gasteiger partial charge >= 0.3 is 0 Å². The third kappa shape index (κ3) is 3.78. The molecule has 0 atom stereocenters. The minimum atomic E-state index is -0.286. The number of carbonyl (C=O) groups excluding carboxylic acids is 1. The fraction of sp³-hybridized carbons (Fsp3) is 0.208. The molecule has 0 saturated heterocycles. The maximum Gasteiger partial charge on any atom is 0.278 e. The van der Waals surface area contributed by atoms with Crippen LogP contribution in [-0.2, 0) is 17.9 Å². The number of nitrogens with one attached hydrogen (secondary N) is 1. The smallest absolute Gasteiger partial charge is 0.278 e. The average Bonchev–Trinajstić information content (AvgIpc) is 3.34. The third-order valence-electron chi connectivity index (χ3n) is 5.57. The first-order chi connectivity index (χ1) is 15.9. The third-order valence-corrected chi connectivity index (χ3v) is 5.57. The van der Waals surface area contributed by atoms with Crippen LogP contribution in [0.15, 0.2) is 58.1 Å². The van der Waals surface area contributed by atoms with Gasteiger partial charge in [-0.2, -0.15) is 4.98 Å². The molecule has 1 amide bonds. The lowest BCUT2D eigenvalue weighted by molar-refractivity contribution is -0.116. The van der Waals surface area contributed by atoms with Crippen molar-refractivity contribution in [1.82, 2.24) is 24.3 Å². The molecule has 0 bridgehead atoms. The molecule has 0 aliphatic carbocycles. The SMILES string of the molecule is Cc1ccc(NC(=O)Cn2c3ccccc3c3ncn(Cc4nc(C)no4)c(=O)c32)c(C)c1. The number of fused-ring (bicyclic) bond motifs is 3. The highest BCUT2D eigenvalue weighted by molar-refractivity contribution is 6.06. The zero-order chi connectivity index (χ0) is 23.1. The summed E-state index contributed by atoms with van der Waals surface area (Å²) in [6.45, 7) is 5.73. The van der Waals surface area contributed by atoms with E-state index >= 15 is 0 Å². The van der Waals surface area contributed by atoms with E-state index in [1.165, 1.54) is 10.9 Å². The molecule has 3 heterocycles. The second-order valence-electron chi connectivity index (χ2n) is 8.08. The Morgan fingerprint density at radius 2 is 1.94 bits per heavy atom. The van der Waals surface area contributed by atoms with Gasteiger partial charge in [0, 0.05) is 11.1 Å². The first kappa shape index (κ1) is 20.6. The highest BCUT2D eigenvalue weighted by atomic mass is 16.5. The van der Waals surface area contributed by atoms with Crippen LogP contribution in [0.5, 0.6) is 0 Å². The van der Waals surface area contributed by atoms with E-state index in [9.17, 15) is 9.59 Å². The number of nitrogens with zero attached hydrogens (tertiary/aromatic N) is 5. The van der Waals surface area contributed by atoms with Gasteiger partial charge in [0.15, 0.2) is 5.82 Å². The number of hydrogen-bond acceptors (Lipinski definition) is 6.